The molecule has 0 aliphatic heterocycles. The summed E-state index contributed by atoms with van der Waals surface area (Å²) in [7, 11) is 0. The van der Waals surface area contributed by atoms with Crippen molar-refractivity contribution in [1.29, 1.82) is 0 Å². The second-order valence-electron chi connectivity index (χ2n) is 4.58. The van der Waals surface area contributed by atoms with Crippen molar-refractivity contribution in [2.75, 3.05) is 5.32 Å². The Balaban J connectivity index is 2.14. The molecule has 0 fully saturated rings. The van der Waals surface area contributed by atoms with Gasteiger partial charge in [-0.3, -0.25) is 0 Å². The van der Waals surface area contributed by atoms with Crippen molar-refractivity contribution in [2.45, 2.75) is 32.6 Å². The van der Waals surface area contributed by atoms with E-state index in [2.05, 4.69) is 33.2 Å². The predicted octanol–water partition coefficient (Wildman–Crippen LogP) is 4.69. The Labute approximate surface area is 129 Å². The quantitative estimate of drug-likeness (QED) is 0.837. The molecule has 1 N–H and O–H groups in total. The number of hydrogen-bond donors (Lipinski definition) is 1. The van der Waals surface area contributed by atoms with Crippen LogP contribution in [0.2, 0.25) is 0 Å². The molecule has 0 amide bonds. The number of rotatable bonds is 5. The van der Waals surface area contributed by atoms with Crippen molar-refractivity contribution in [3.8, 4) is 0 Å². The lowest BCUT2D eigenvalue weighted by molar-refractivity contribution is -0.137. The van der Waals surface area contributed by atoms with Crippen LogP contribution in [0, 0.1) is 0 Å². The summed E-state index contributed by atoms with van der Waals surface area (Å²) in [5.74, 6) is 0.793. The molecule has 7 heteroatoms. The predicted molar refractivity (Wildman–Crippen MR) is 79.0 cm³/mol. The van der Waals surface area contributed by atoms with Crippen LogP contribution in [0.25, 0.3) is 0 Å². The van der Waals surface area contributed by atoms with E-state index in [1.807, 2.05) is 10.8 Å². The van der Waals surface area contributed by atoms with E-state index < -0.39 is 11.7 Å². The van der Waals surface area contributed by atoms with Gasteiger partial charge in [-0.25, -0.2) is 4.98 Å². The molecule has 2 aromatic rings. The number of benzene rings is 1. The Hall–Kier alpha value is -1.50. The fourth-order valence-electron chi connectivity index (χ4n) is 1.96. The zero-order valence-electron chi connectivity index (χ0n) is 11.4. The van der Waals surface area contributed by atoms with E-state index in [1.165, 1.54) is 6.07 Å². The highest BCUT2D eigenvalue weighted by atomic mass is 79.9. The first kappa shape index (κ1) is 15.9. The minimum absolute atomic E-state index is 0.368. The molecule has 2 rings (SSSR count). The summed E-state index contributed by atoms with van der Waals surface area (Å²) < 4.78 is 40.7. The summed E-state index contributed by atoms with van der Waals surface area (Å²) in [6.07, 6.45) is 0.171. The van der Waals surface area contributed by atoms with Crippen molar-refractivity contribution in [2.24, 2.45) is 0 Å². The number of imidazole rings is 1. The molecule has 0 bridgehead atoms. The molecular weight excluding hydrogens is 347 g/mol. The Bertz CT molecular complexity index is 608. The van der Waals surface area contributed by atoms with Gasteiger partial charge < -0.3 is 9.88 Å². The Morgan fingerprint density at radius 3 is 2.76 bits per heavy atom. The number of halogens is 4. The monoisotopic (exact) mass is 361 g/mol. The van der Waals surface area contributed by atoms with Crippen LogP contribution in [0.5, 0.6) is 0 Å². The lowest BCUT2D eigenvalue weighted by Gasteiger charge is -2.13. The average molecular weight is 362 g/mol. The van der Waals surface area contributed by atoms with Crippen LogP contribution in [0.3, 0.4) is 0 Å². The van der Waals surface area contributed by atoms with Crippen molar-refractivity contribution < 1.29 is 13.2 Å². The Morgan fingerprint density at radius 2 is 2.10 bits per heavy atom. The number of nitrogens with one attached hydrogen (secondary N) is 1. The first-order valence-electron chi connectivity index (χ1n) is 6.52. The largest absolute Gasteiger partial charge is 0.416 e. The summed E-state index contributed by atoms with van der Waals surface area (Å²) in [6.45, 7) is 3.26. The maximum atomic E-state index is 12.7. The molecule has 0 spiro atoms. The van der Waals surface area contributed by atoms with Crippen molar-refractivity contribution in [3.05, 3.63) is 46.5 Å². The van der Waals surface area contributed by atoms with Gasteiger partial charge in [0.2, 0.25) is 0 Å². The van der Waals surface area contributed by atoms with Crippen molar-refractivity contribution in [3.63, 3.8) is 0 Å². The highest BCUT2D eigenvalue weighted by Crippen LogP contribution is 2.34. The molecule has 0 aliphatic rings. The lowest BCUT2D eigenvalue weighted by atomic mass is 10.2. The molecule has 3 nitrogen and oxygen atoms in total. The van der Waals surface area contributed by atoms with Gasteiger partial charge in [0.05, 0.1) is 12.1 Å². The van der Waals surface area contributed by atoms with Gasteiger partial charge in [-0.2, -0.15) is 13.2 Å². The van der Waals surface area contributed by atoms with Gasteiger partial charge in [-0.1, -0.05) is 6.92 Å². The van der Waals surface area contributed by atoms with Crippen LogP contribution in [-0.2, 0) is 19.3 Å². The summed E-state index contributed by atoms with van der Waals surface area (Å²) in [4.78, 5) is 4.21. The molecule has 0 aliphatic carbocycles. The number of anilines is 1. The number of aromatic nitrogens is 2. The minimum atomic E-state index is -4.35. The fraction of sp³-hybridized carbons (Fsp3) is 0.357. The topological polar surface area (TPSA) is 29.9 Å². The van der Waals surface area contributed by atoms with Crippen molar-refractivity contribution in [1.82, 2.24) is 9.55 Å². The third-order valence-electron chi connectivity index (χ3n) is 3.00. The number of alkyl halides is 3. The Kier molecular flexibility index (Phi) is 4.92. The van der Waals surface area contributed by atoms with E-state index in [-0.39, 0.29) is 0 Å². The molecule has 114 valence electrons. The minimum Gasteiger partial charge on any atom is -0.377 e. The van der Waals surface area contributed by atoms with Crippen LogP contribution in [0.4, 0.5) is 18.9 Å². The smallest absolute Gasteiger partial charge is 0.377 e. The van der Waals surface area contributed by atoms with E-state index in [9.17, 15) is 13.2 Å². The molecule has 0 atom stereocenters. The van der Waals surface area contributed by atoms with Crippen molar-refractivity contribution >= 4 is 21.6 Å². The normalized spacial score (nSPS) is 11.7. The standard InChI is InChI=1S/C14H15BrF3N3/c1-2-6-21-7-5-19-13(21)9-20-12-8-10(14(16,17)18)3-4-11(12)15/h3-5,7-8,20H,2,6,9H2,1H3. The maximum absolute atomic E-state index is 12.7. The number of nitrogens with zero attached hydrogens (tertiary/aromatic N) is 2. The van der Waals surface area contributed by atoms with E-state index in [4.69, 9.17) is 0 Å². The summed E-state index contributed by atoms with van der Waals surface area (Å²) >= 11 is 3.25. The molecule has 0 saturated carbocycles. The molecule has 21 heavy (non-hydrogen) atoms. The van der Waals surface area contributed by atoms with Gasteiger partial charge in [-0.05, 0) is 40.5 Å². The fourth-order valence-corrected chi connectivity index (χ4v) is 2.35. The highest BCUT2D eigenvalue weighted by molar-refractivity contribution is 9.10. The molecule has 0 radical (unpaired) electrons. The van der Waals surface area contributed by atoms with E-state index in [0.717, 1.165) is 30.9 Å². The molecule has 0 saturated heterocycles. The van der Waals surface area contributed by atoms with Gasteiger partial charge in [0.1, 0.15) is 5.82 Å². The van der Waals surface area contributed by atoms with Crippen LogP contribution >= 0.6 is 15.9 Å². The van der Waals surface area contributed by atoms with Gasteiger partial charge in [0, 0.05) is 29.1 Å². The van der Waals surface area contributed by atoms with E-state index in [1.54, 1.807) is 6.20 Å². The zero-order chi connectivity index (χ0) is 15.5. The van der Waals surface area contributed by atoms with E-state index in [0.29, 0.717) is 16.7 Å². The zero-order valence-corrected chi connectivity index (χ0v) is 13.0. The van der Waals surface area contributed by atoms with Gasteiger partial charge in [0.25, 0.3) is 0 Å². The summed E-state index contributed by atoms with van der Waals surface area (Å²) in [5.41, 5.74) is -0.277. The SMILES string of the molecule is CCCn1ccnc1CNc1cc(C(F)(F)F)ccc1Br. The lowest BCUT2D eigenvalue weighted by Crippen LogP contribution is -2.10. The second-order valence-corrected chi connectivity index (χ2v) is 5.44. The van der Waals surface area contributed by atoms with E-state index >= 15 is 0 Å². The van der Waals surface area contributed by atoms with Gasteiger partial charge in [0.15, 0.2) is 0 Å². The van der Waals surface area contributed by atoms with Crippen LogP contribution in [0.15, 0.2) is 35.1 Å². The molecular formula is C14H15BrF3N3. The third kappa shape index (κ3) is 4.00. The Morgan fingerprint density at radius 1 is 1.33 bits per heavy atom. The van der Waals surface area contributed by atoms with Crippen LogP contribution < -0.4 is 5.32 Å². The molecule has 0 unspecified atom stereocenters. The van der Waals surface area contributed by atoms with Gasteiger partial charge >= 0.3 is 6.18 Å². The van der Waals surface area contributed by atoms with Crippen LogP contribution in [0.1, 0.15) is 24.7 Å². The number of aryl methyl sites for hydroxylation is 1. The maximum Gasteiger partial charge on any atom is 0.416 e. The molecule has 1 aromatic carbocycles. The van der Waals surface area contributed by atoms with Gasteiger partial charge in [-0.15, -0.1) is 0 Å². The third-order valence-corrected chi connectivity index (χ3v) is 3.69. The summed E-state index contributed by atoms with van der Waals surface area (Å²) in [5, 5.41) is 3.00. The summed E-state index contributed by atoms with van der Waals surface area (Å²) in [6, 6.07) is 3.54. The second kappa shape index (κ2) is 6.51. The highest BCUT2D eigenvalue weighted by Gasteiger charge is 2.30. The molecule has 1 heterocycles. The average Bonchev–Trinajstić information content (AvgIpc) is 2.84. The van der Waals surface area contributed by atoms with Crippen LogP contribution in [-0.4, -0.2) is 9.55 Å². The number of hydrogen-bond acceptors (Lipinski definition) is 2. The first-order valence-corrected chi connectivity index (χ1v) is 7.31. The molecule has 1 aromatic heterocycles. The first-order chi connectivity index (χ1) is 9.91.